The number of halogens is 1. The van der Waals surface area contributed by atoms with Gasteiger partial charge < -0.3 is 9.69 Å². The van der Waals surface area contributed by atoms with Crippen molar-refractivity contribution in [3.63, 3.8) is 0 Å². The highest BCUT2D eigenvalue weighted by Crippen LogP contribution is 2.33. The summed E-state index contributed by atoms with van der Waals surface area (Å²) >= 11 is 6.31. The molecule has 0 radical (unpaired) electrons. The largest absolute Gasteiger partial charge is 0.310 e. The summed E-state index contributed by atoms with van der Waals surface area (Å²) in [7, 11) is -3.21. The van der Waals surface area contributed by atoms with E-state index in [0.29, 0.717) is 37.4 Å². The van der Waals surface area contributed by atoms with Crippen molar-refractivity contribution in [1.82, 2.24) is 9.21 Å². The predicted octanol–water partition coefficient (Wildman–Crippen LogP) is 4.59. The first-order valence-corrected chi connectivity index (χ1v) is 14.6. The zero-order chi connectivity index (χ0) is 26.0. The lowest BCUT2D eigenvalue weighted by Crippen LogP contribution is -2.54. The van der Waals surface area contributed by atoms with Gasteiger partial charge in [-0.2, -0.15) is 4.31 Å². The molecule has 8 heteroatoms. The van der Waals surface area contributed by atoms with Crippen molar-refractivity contribution in [2.24, 2.45) is 0 Å². The minimum Gasteiger partial charge on any atom is -0.310 e. The summed E-state index contributed by atoms with van der Waals surface area (Å²) in [4.78, 5) is 16.3. The quantitative estimate of drug-likeness (QED) is 0.458. The zero-order valence-electron chi connectivity index (χ0n) is 21.8. The van der Waals surface area contributed by atoms with Crippen molar-refractivity contribution in [2.75, 3.05) is 32.4 Å². The van der Waals surface area contributed by atoms with Crippen LogP contribution in [0.25, 0.3) is 0 Å². The highest BCUT2D eigenvalue weighted by atomic mass is 35.5. The molecule has 5 nitrogen and oxygen atoms in total. The number of aryl methyl sites for hydroxylation is 2. The smallest absolute Gasteiger partial charge is 0.225 e. The lowest BCUT2D eigenvalue weighted by Gasteiger charge is -2.40. The molecule has 1 unspecified atom stereocenters. The van der Waals surface area contributed by atoms with Crippen LogP contribution in [0.15, 0.2) is 42.5 Å². The average Bonchev–Trinajstić information content (AvgIpc) is 2.79. The van der Waals surface area contributed by atoms with Crippen LogP contribution in [-0.2, 0) is 26.6 Å². The van der Waals surface area contributed by atoms with Gasteiger partial charge in [0.15, 0.2) is 0 Å². The first-order chi connectivity index (χ1) is 16.3. The van der Waals surface area contributed by atoms with Crippen molar-refractivity contribution in [1.29, 1.82) is 0 Å². The second-order valence-electron chi connectivity index (χ2n) is 10.5. The van der Waals surface area contributed by atoms with Gasteiger partial charge in [-0.25, -0.2) is 8.42 Å². The van der Waals surface area contributed by atoms with Gasteiger partial charge in [0, 0.05) is 36.1 Å². The second kappa shape index (κ2) is 11.2. The summed E-state index contributed by atoms with van der Waals surface area (Å²) < 4.78 is 25.7. The molecule has 0 amide bonds. The minimum absolute atomic E-state index is 0.0843. The van der Waals surface area contributed by atoms with Crippen LogP contribution in [0.2, 0.25) is 11.8 Å². The van der Waals surface area contributed by atoms with Crippen LogP contribution in [0.3, 0.4) is 0 Å². The third-order valence-corrected chi connectivity index (χ3v) is 9.27. The minimum atomic E-state index is -3.21. The summed E-state index contributed by atoms with van der Waals surface area (Å²) in [6, 6.07) is 14.2. The third-order valence-electron chi connectivity index (χ3n) is 7.45. The number of hydrogen-bond acceptors (Lipinski definition) is 4. The molecule has 1 aliphatic rings. The van der Waals surface area contributed by atoms with E-state index < -0.39 is 15.4 Å². The Bertz CT molecular complexity index is 1160. The maximum atomic E-state index is 14.0. The number of carbonyl (C=O) groups excluding carboxylic acids is 1. The predicted molar refractivity (Wildman–Crippen MR) is 147 cm³/mol. The average molecular weight is 517 g/mol. The molecule has 1 saturated heterocycles. The molecule has 0 bridgehead atoms. The van der Waals surface area contributed by atoms with Crippen molar-refractivity contribution in [3.8, 4) is 0 Å². The van der Waals surface area contributed by atoms with Crippen LogP contribution < -0.4 is 0 Å². The van der Waals surface area contributed by atoms with Crippen molar-refractivity contribution in [2.45, 2.75) is 58.7 Å². The van der Waals surface area contributed by atoms with E-state index in [1.807, 2.05) is 38.9 Å². The number of sulfonamides is 1. The molecular formula is C27H38BClN2O3S. The Morgan fingerprint density at radius 1 is 1.14 bits per heavy atom. The van der Waals surface area contributed by atoms with Crippen molar-refractivity contribution >= 4 is 34.0 Å². The molecular weight excluding hydrogens is 479 g/mol. The Labute approximate surface area is 217 Å². The molecule has 2 atom stereocenters. The molecule has 0 N–H and O–H groups in total. The van der Waals surface area contributed by atoms with E-state index in [-0.39, 0.29) is 18.4 Å². The Morgan fingerprint density at radius 2 is 1.80 bits per heavy atom. The van der Waals surface area contributed by atoms with Gasteiger partial charge in [-0.1, -0.05) is 65.9 Å². The van der Waals surface area contributed by atoms with Crippen LogP contribution in [0.5, 0.6) is 0 Å². The number of hydrogen-bond donors (Lipinski definition) is 0. The highest BCUT2D eigenvalue weighted by molar-refractivity contribution is 7.88. The van der Waals surface area contributed by atoms with Gasteiger partial charge >= 0.3 is 0 Å². The monoisotopic (exact) mass is 516 g/mol. The highest BCUT2D eigenvalue weighted by Gasteiger charge is 2.40. The summed E-state index contributed by atoms with van der Waals surface area (Å²) in [6.45, 7) is 12.5. The number of benzene rings is 2. The lowest BCUT2D eigenvalue weighted by molar-refractivity contribution is -0.117. The number of piperazine rings is 1. The fraction of sp³-hybridized carbons (Fsp3) is 0.519. The lowest BCUT2D eigenvalue weighted by atomic mass is 9.39. The first kappa shape index (κ1) is 27.9. The van der Waals surface area contributed by atoms with Crippen LogP contribution in [0.1, 0.15) is 42.5 Å². The maximum absolute atomic E-state index is 14.0. The molecule has 35 heavy (non-hydrogen) atoms. The number of rotatable bonds is 9. The molecule has 1 heterocycles. The molecule has 190 valence electrons. The molecule has 2 aromatic carbocycles. The molecule has 3 rings (SSSR count). The van der Waals surface area contributed by atoms with Gasteiger partial charge in [0.1, 0.15) is 5.68 Å². The molecule has 0 aromatic heterocycles. The molecule has 0 saturated carbocycles. The summed E-state index contributed by atoms with van der Waals surface area (Å²) in [5.41, 5.74) is 3.88. The van der Waals surface area contributed by atoms with Gasteiger partial charge in [0.25, 0.3) is 0 Å². The van der Waals surface area contributed by atoms with Crippen LogP contribution in [-0.4, -0.2) is 68.5 Å². The molecule has 0 aliphatic carbocycles. The van der Waals surface area contributed by atoms with Crippen LogP contribution in [0.4, 0.5) is 0 Å². The topological polar surface area (TPSA) is 57.7 Å². The van der Waals surface area contributed by atoms with Crippen molar-refractivity contribution < 1.29 is 13.2 Å². The second-order valence-corrected chi connectivity index (χ2v) is 12.9. The molecule has 2 aromatic rings. The van der Waals surface area contributed by atoms with Crippen LogP contribution >= 0.6 is 11.6 Å². The van der Waals surface area contributed by atoms with E-state index in [4.69, 9.17) is 11.6 Å². The number of nitrogens with zero attached hydrogens (tertiary/aromatic N) is 2. The standard InChI is InChI=1S/C27H38BClN2O3S/c1-20-7-9-23(10-8-20)18-28(5)26(32)27(4,24-11-12-25(29)21(2)17-24)13-14-30-15-16-31(22(3)19-30)35(6,33)34/h7-12,17,22H,13-16,18-19H2,1-6H3/t22-,27?/m0/s1. The van der Waals surface area contributed by atoms with E-state index in [0.717, 1.165) is 23.2 Å². The normalized spacial score (nSPS) is 19.3. The molecule has 1 fully saturated rings. The van der Waals surface area contributed by atoms with E-state index in [2.05, 4.69) is 43.0 Å². The number of carbonyl (C=O) groups is 1. The van der Waals surface area contributed by atoms with E-state index in [1.54, 1.807) is 4.31 Å². The molecule has 0 spiro atoms. The first-order valence-electron chi connectivity index (χ1n) is 12.4. The van der Waals surface area contributed by atoms with Gasteiger partial charge in [-0.15, -0.1) is 0 Å². The zero-order valence-corrected chi connectivity index (χ0v) is 23.4. The SMILES string of the molecule is CB(Cc1ccc(C)cc1)C(=O)C(C)(CCN1CCN(S(C)(=O)=O)[C@@H](C)C1)c1ccc(Cl)c(C)c1. The Morgan fingerprint density at radius 3 is 2.37 bits per heavy atom. The maximum Gasteiger partial charge on any atom is 0.225 e. The Kier molecular flexibility index (Phi) is 8.90. The van der Waals surface area contributed by atoms with E-state index in [1.165, 1.54) is 11.8 Å². The van der Waals surface area contributed by atoms with Crippen LogP contribution in [0, 0.1) is 13.8 Å². The van der Waals surface area contributed by atoms with Crippen molar-refractivity contribution in [3.05, 3.63) is 69.7 Å². The Balaban J connectivity index is 1.81. The summed E-state index contributed by atoms with van der Waals surface area (Å²) in [6.07, 6.45) is 2.63. The van der Waals surface area contributed by atoms with Gasteiger partial charge in [-0.05, 0) is 64.2 Å². The third kappa shape index (κ3) is 6.76. The van der Waals surface area contributed by atoms with Gasteiger partial charge in [0.05, 0.1) is 6.26 Å². The van der Waals surface area contributed by atoms with Gasteiger partial charge in [-0.3, -0.25) is 0 Å². The van der Waals surface area contributed by atoms with Gasteiger partial charge in [0.2, 0.25) is 16.7 Å². The molecule has 1 aliphatic heterocycles. The fourth-order valence-corrected chi connectivity index (χ4v) is 6.46. The van der Waals surface area contributed by atoms with E-state index >= 15 is 0 Å². The fourth-order valence-electron chi connectivity index (χ4n) is 5.21. The van der Waals surface area contributed by atoms with E-state index in [9.17, 15) is 13.2 Å². The summed E-state index contributed by atoms with van der Waals surface area (Å²) in [5, 5.41) is 0.696. The summed E-state index contributed by atoms with van der Waals surface area (Å²) in [5.74, 6) is 0. The Hall–Kier alpha value is -1.67.